The fourth-order valence-electron chi connectivity index (χ4n) is 2.31. The number of benzene rings is 2. The van der Waals surface area contributed by atoms with E-state index in [-0.39, 0.29) is 0 Å². The number of fused-ring (bicyclic) bond motifs is 4. The van der Waals surface area contributed by atoms with E-state index in [0.29, 0.717) is 0 Å². The van der Waals surface area contributed by atoms with Gasteiger partial charge in [-0.3, -0.25) is 0 Å². The smallest absolute Gasteiger partial charge is 0.157 e. The van der Waals surface area contributed by atoms with Crippen LogP contribution in [0.3, 0.4) is 0 Å². The first-order valence-corrected chi connectivity index (χ1v) is 8.23. The van der Waals surface area contributed by atoms with Gasteiger partial charge >= 0.3 is 0 Å². The first-order chi connectivity index (χ1) is 9.61. The Morgan fingerprint density at radius 2 is 1.70 bits per heavy atom. The largest absolute Gasteiger partial charge is 0.338 e. The molecule has 0 fully saturated rings. The zero-order valence-electron chi connectivity index (χ0n) is 9.92. The van der Waals surface area contributed by atoms with Crippen LogP contribution < -0.4 is 0 Å². The zero-order valence-corrected chi connectivity index (χ0v) is 14.7. The lowest BCUT2D eigenvalue weighted by Crippen LogP contribution is -1.87. The minimum absolute atomic E-state index is 0.800. The molecule has 0 atom stereocenters. The van der Waals surface area contributed by atoms with Crippen LogP contribution in [0.1, 0.15) is 0 Å². The maximum Gasteiger partial charge on any atom is 0.157 e. The van der Waals surface area contributed by atoms with Crippen LogP contribution >= 0.6 is 47.8 Å². The van der Waals surface area contributed by atoms with E-state index in [4.69, 9.17) is 4.98 Å². The molecule has 2 aromatic carbocycles. The van der Waals surface area contributed by atoms with Gasteiger partial charge in [0.1, 0.15) is 11.0 Å². The molecule has 0 aliphatic heterocycles. The van der Waals surface area contributed by atoms with Crippen molar-refractivity contribution in [1.29, 1.82) is 0 Å². The number of hydrogen-bond donors (Lipinski definition) is 1. The highest BCUT2D eigenvalue weighted by atomic mass is 79.9. The molecular formula is C14H6Br3N3. The van der Waals surface area contributed by atoms with Crippen molar-refractivity contribution in [1.82, 2.24) is 15.0 Å². The van der Waals surface area contributed by atoms with Crippen LogP contribution in [0.2, 0.25) is 0 Å². The van der Waals surface area contributed by atoms with Gasteiger partial charge in [-0.1, -0.05) is 31.9 Å². The van der Waals surface area contributed by atoms with Crippen LogP contribution in [0, 0.1) is 0 Å². The van der Waals surface area contributed by atoms with E-state index >= 15 is 0 Å². The van der Waals surface area contributed by atoms with Crippen molar-refractivity contribution < 1.29 is 0 Å². The number of aromatic nitrogens is 3. The Morgan fingerprint density at radius 3 is 2.55 bits per heavy atom. The predicted molar refractivity (Wildman–Crippen MR) is 92.0 cm³/mol. The summed E-state index contributed by atoms with van der Waals surface area (Å²) in [6.07, 6.45) is 0. The van der Waals surface area contributed by atoms with Crippen molar-refractivity contribution in [3.8, 4) is 0 Å². The Balaban J connectivity index is 2.22. The molecule has 4 aromatic rings. The number of halogens is 3. The minimum Gasteiger partial charge on any atom is -0.338 e. The van der Waals surface area contributed by atoms with E-state index in [1.807, 2.05) is 24.3 Å². The lowest BCUT2D eigenvalue weighted by molar-refractivity contribution is 1.34. The minimum atomic E-state index is 0.800. The molecule has 2 heterocycles. The molecule has 2 aromatic heterocycles. The van der Waals surface area contributed by atoms with Gasteiger partial charge in [0.15, 0.2) is 5.65 Å². The van der Waals surface area contributed by atoms with Gasteiger partial charge < -0.3 is 4.98 Å². The molecule has 0 saturated carbocycles. The lowest BCUT2D eigenvalue weighted by Gasteiger charge is -2.01. The Hall–Kier alpha value is -0.980. The molecule has 0 unspecified atom stereocenters. The van der Waals surface area contributed by atoms with E-state index in [2.05, 4.69) is 63.8 Å². The SMILES string of the molecule is Brc1cc(Br)c2nc3[nH]c4ccc(Br)cc4c3nc2c1. The highest BCUT2D eigenvalue weighted by Crippen LogP contribution is 2.31. The van der Waals surface area contributed by atoms with Gasteiger partial charge in [-0.25, -0.2) is 9.97 Å². The average Bonchev–Trinajstić information content (AvgIpc) is 2.74. The normalized spacial score (nSPS) is 11.8. The molecule has 0 radical (unpaired) electrons. The van der Waals surface area contributed by atoms with Crippen LogP contribution in [0.15, 0.2) is 43.7 Å². The van der Waals surface area contributed by atoms with Gasteiger partial charge in [-0.05, 0) is 46.3 Å². The second kappa shape index (κ2) is 4.51. The summed E-state index contributed by atoms with van der Waals surface area (Å²) in [5, 5.41) is 1.07. The molecule has 0 saturated heterocycles. The number of nitrogens with zero attached hydrogens (tertiary/aromatic N) is 2. The average molecular weight is 456 g/mol. The molecular weight excluding hydrogens is 450 g/mol. The summed E-state index contributed by atoms with van der Waals surface area (Å²) in [6.45, 7) is 0. The van der Waals surface area contributed by atoms with E-state index < -0.39 is 0 Å². The molecule has 0 bridgehead atoms. The third-order valence-corrected chi connectivity index (χ3v) is 4.73. The number of nitrogens with one attached hydrogen (secondary N) is 1. The Kier molecular flexibility index (Phi) is 2.87. The van der Waals surface area contributed by atoms with Crippen molar-refractivity contribution in [2.75, 3.05) is 0 Å². The highest BCUT2D eigenvalue weighted by Gasteiger charge is 2.11. The summed E-state index contributed by atoms with van der Waals surface area (Å²) in [5.74, 6) is 0. The van der Waals surface area contributed by atoms with Crippen LogP contribution in [0.4, 0.5) is 0 Å². The van der Waals surface area contributed by atoms with Crippen LogP contribution in [0.25, 0.3) is 33.1 Å². The molecule has 1 N–H and O–H groups in total. The van der Waals surface area contributed by atoms with Crippen molar-refractivity contribution in [3.05, 3.63) is 43.7 Å². The van der Waals surface area contributed by atoms with Crippen molar-refractivity contribution in [2.45, 2.75) is 0 Å². The topological polar surface area (TPSA) is 41.6 Å². The first-order valence-electron chi connectivity index (χ1n) is 5.85. The first kappa shape index (κ1) is 12.7. The number of aromatic amines is 1. The molecule has 98 valence electrons. The molecule has 0 aliphatic rings. The fourth-order valence-corrected chi connectivity index (χ4v) is 3.96. The zero-order chi connectivity index (χ0) is 13.9. The predicted octanol–water partition coefficient (Wildman–Crippen LogP) is 5.55. The Bertz CT molecular complexity index is 991. The summed E-state index contributed by atoms with van der Waals surface area (Å²) in [7, 11) is 0. The highest BCUT2D eigenvalue weighted by molar-refractivity contribution is 9.11. The van der Waals surface area contributed by atoms with Gasteiger partial charge in [0.05, 0.1) is 5.52 Å². The second-order valence-electron chi connectivity index (χ2n) is 4.49. The molecule has 0 amide bonds. The fraction of sp³-hybridized carbons (Fsp3) is 0. The van der Waals surface area contributed by atoms with Crippen molar-refractivity contribution in [3.63, 3.8) is 0 Å². The summed E-state index contributed by atoms with van der Waals surface area (Å²) >= 11 is 10.5. The standard InChI is InChI=1S/C14H6Br3N3/c15-6-1-2-10-8(3-6)12-14(19-10)20-13-9(17)4-7(16)5-11(13)18-12/h1-5H,(H,19,20). The quantitative estimate of drug-likeness (QED) is 0.377. The Morgan fingerprint density at radius 1 is 0.850 bits per heavy atom. The molecule has 20 heavy (non-hydrogen) atoms. The molecule has 6 heteroatoms. The molecule has 0 aliphatic carbocycles. The van der Waals surface area contributed by atoms with Gasteiger partial charge in [0, 0.05) is 24.3 Å². The summed E-state index contributed by atoms with van der Waals surface area (Å²) in [6, 6.07) is 10.0. The monoisotopic (exact) mass is 453 g/mol. The number of hydrogen-bond acceptors (Lipinski definition) is 2. The second-order valence-corrected chi connectivity index (χ2v) is 7.18. The van der Waals surface area contributed by atoms with Crippen LogP contribution in [-0.4, -0.2) is 15.0 Å². The van der Waals surface area contributed by atoms with Gasteiger partial charge in [0.2, 0.25) is 0 Å². The van der Waals surface area contributed by atoms with Crippen molar-refractivity contribution >= 4 is 80.9 Å². The third-order valence-electron chi connectivity index (χ3n) is 3.18. The van der Waals surface area contributed by atoms with Gasteiger partial charge in [-0.15, -0.1) is 0 Å². The lowest BCUT2D eigenvalue weighted by atomic mass is 10.2. The van der Waals surface area contributed by atoms with Gasteiger partial charge in [-0.2, -0.15) is 0 Å². The summed E-state index contributed by atoms with van der Waals surface area (Å²) in [4.78, 5) is 12.8. The summed E-state index contributed by atoms with van der Waals surface area (Å²) < 4.78 is 2.94. The van der Waals surface area contributed by atoms with Crippen LogP contribution in [0.5, 0.6) is 0 Å². The van der Waals surface area contributed by atoms with E-state index in [1.54, 1.807) is 0 Å². The van der Waals surface area contributed by atoms with Crippen molar-refractivity contribution in [2.24, 2.45) is 0 Å². The van der Waals surface area contributed by atoms with Gasteiger partial charge in [0.25, 0.3) is 0 Å². The Labute approximate surface area is 139 Å². The van der Waals surface area contributed by atoms with Crippen LogP contribution in [-0.2, 0) is 0 Å². The summed E-state index contributed by atoms with van der Waals surface area (Å²) in [5.41, 5.74) is 4.44. The third kappa shape index (κ3) is 1.89. The molecule has 0 spiro atoms. The maximum atomic E-state index is 4.75. The maximum absolute atomic E-state index is 4.75. The van der Waals surface area contributed by atoms with E-state index in [1.165, 1.54) is 0 Å². The number of H-pyrrole nitrogens is 1. The van der Waals surface area contributed by atoms with E-state index in [9.17, 15) is 0 Å². The molecule has 4 rings (SSSR count). The number of rotatable bonds is 0. The molecule has 3 nitrogen and oxygen atoms in total. The van der Waals surface area contributed by atoms with E-state index in [0.717, 1.165) is 46.5 Å².